The van der Waals surface area contributed by atoms with Gasteiger partial charge in [0.15, 0.2) is 6.58 Å². The van der Waals surface area contributed by atoms with Crippen molar-refractivity contribution in [3.05, 3.63) is 51.6 Å². The summed E-state index contributed by atoms with van der Waals surface area (Å²) in [5, 5.41) is 0. The van der Waals surface area contributed by atoms with Gasteiger partial charge < -0.3 is 0 Å². The van der Waals surface area contributed by atoms with E-state index in [0.29, 0.717) is 19.3 Å². The summed E-state index contributed by atoms with van der Waals surface area (Å²) >= 11 is 0. The second-order valence-corrected chi connectivity index (χ2v) is 21.5. The van der Waals surface area contributed by atoms with Gasteiger partial charge in [-0.3, -0.25) is 22.8 Å². The minimum Gasteiger partial charge on any atom is -0.264 e. The van der Waals surface area contributed by atoms with Gasteiger partial charge in [-0.15, -0.1) is 32.9 Å². The van der Waals surface area contributed by atoms with Gasteiger partial charge in [0.05, 0.1) is 46.2 Å². The molecule has 0 saturated heterocycles. The summed E-state index contributed by atoms with van der Waals surface area (Å²) in [6.45, 7) is 51.2. The maximum Gasteiger partial charge on any atom is 0.399 e. The standard InChI is InChI=1S/2C8H18O4S.C6H14O4S.C4H8.2C2H6O4S.2C2H4.C2H3.H2O4S/c2*1-5-11-13(9,10)12-7-6-8(2,3)4;1-6(2,3)4-5-10-11(7,8)9;1-4(2)3;2*1-2-6-7(3,4)5;3*1-2;1-5(2,3)4/h2*5-7H2,1-4H3;4-5H2,1-3H3,(H,7,8,9);1H2,2-3H3;2*2H2,1H3,(H,3,4,5);2*1-2H2;1H,2H2;(H2,1,2,3,4)/q;;;;;;;;+1;. The Labute approximate surface area is 400 Å². The van der Waals surface area contributed by atoms with Gasteiger partial charge in [0, 0.05) is 0 Å². The minimum atomic E-state index is -4.67. The van der Waals surface area contributed by atoms with Gasteiger partial charge in [0.2, 0.25) is 0 Å². The highest BCUT2D eigenvalue weighted by Gasteiger charge is 2.16. The molecular weight excluding hydrogens is 1010 g/mol. The zero-order valence-corrected chi connectivity index (χ0v) is 46.2. The highest BCUT2D eigenvalue weighted by Crippen LogP contribution is 2.20. The third-order valence-electron chi connectivity index (χ3n) is 4.30. The number of hydrogen-bond acceptors (Lipinski definition) is 19. The predicted molar refractivity (Wildman–Crippen MR) is 256 cm³/mol. The van der Waals surface area contributed by atoms with E-state index in [1.807, 2.05) is 76.2 Å². The lowest BCUT2D eigenvalue weighted by molar-refractivity contribution is 0.194. The summed E-state index contributed by atoms with van der Waals surface area (Å²) < 4.78 is 187. The average Bonchev–Trinajstić information content (AvgIpc) is 3.04. The molecular formula is C36H83O24S6+. The third kappa shape index (κ3) is 160. The van der Waals surface area contributed by atoms with Gasteiger partial charge in [0.25, 0.3) is 0 Å². The predicted octanol–water partition coefficient (Wildman–Crippen LogP) is 7.47. The maximum absolute atomic E-state index is 10.9. The normalized spacial score (nSPS) is 11.4. The first-order valence-corrected chi connectivity index (χ1v) is 26.9. The molecule has 66 heavy (non-hydrogen) atoms. The molecule has 0 aromatic heterocycles. The average molecular weight is 1090 g/mol. The van der Waals surface area contributed by atoms with Crippen LogP contribution in [-0.4, -0.2) is 120 Å². The van der Waals surface area contributed by atoms with E-state index in [9.17, 15) is 42.1 Å². The fourth-order valence-corrected chi connectivity index (χ4v) is 4.19. The molecule has 0 atom stereocenters. The molecule has 0 spiro atoms. The van der Waals surface area contributed by atoms with Crippen molar-refractivity contribution >= 4 is 62.4 Å². The first-order chi connectivity index (χ1) is 29.1. The van der Waals surface area contributed by atoms with E-state index >= 15 is 0 Å². The van der Waals surface area contributed by atoms with Crippen LogP contribution in [0.2, 0.25) is 0 Å². The van der Waals surface area contributed by atoms with Crippen LogP contribution in [-0.2, 0) is 91.7 Å². The Morgan fingerprint density at radius 2 is 0.561 bits per heavy atom. The Kier molecular flexibility index (Phi) is 61.8. The fraction of sp³-hybridized carbons (Fsp3) is 0.778. The monoisotopic (exact) mass is 1090 g/mol. The first-order valence-electron chi connectivity index (χ1n) is 18.8. The minimum absolute atomic E-state index is 0.0185. The van der Waals surface area contributed by atoms with E-state index in [4.69, 9.17) is 31.2 Å². The Balaban J connectivity index is -0.0000000699. The van der Waals surface area contributed by atoms with Crippen LogP contribution in [0.5, 0.6) is 0 Å². The van der Waals surface area contributed by atoms with E-state index in [0.717, 1.165) is 0 Å². The lowest BCUT2D eigenvalue weighted by Gasteiger charge is -2.17. The van der Waals surface area contributed by atoms with Crippen molar-refractivity contribution < 1.29 is 103 Å². The van der Waals surface area contributed by atoms with Gasteiger partial charge in [-0.1, -0.05) is 67.9 Å². The summed E-state index contributed by atoms with van der Waals surface area (Å²) in [6.07, 6.45) is 1.95. The Hall–Kier alpha value is -1.91. The number of hydrogen-bond donors (Lipinski definition) is 5. The molecule has 5 N–H and O–H groups in total. The highest BCUT2D eigenvalue weighted by atomic mass is 32.3. The van der Waals surface area contributed by atoms with Crippen molar-refractivity contribution in [2.24, 2.45) is 16.2 Å². The molecule has 0 heterocycles. The number of rotatable bonds is 17. The van der Waals surface area contributed by atoms with Crippen LogP contribution in [0.25, 0.3) is 0 Å². The molecule has 24 nitrogen and oxygen atoms in total. The van der Waals surface area contributed by atoms with E-state index in [-0.39, 0.29) is 62.5 Å². The molecule has 0 amide bonds. The molecule has 406 valence electrons. The Morgan fingerprint density at radius 3 is 0.667 bits per heavy atom. The topological polar surface area (TPSA) is 371 Å². The molecule has 0 aliphatic rings. The van der Waals surface area contributed by atoms with Crippen molar-refractivity contribution in [2.75, 3.05) is 46.2 Å². The molecule has 0 saturated carbocycles. The molecule has 0 aliphatic carbocycles. The first kappa shape index (κ1) is 87.2. The van der Waals surface area contributed by atoms with Crippen molar-refractivity contribution in [3.8, 4) is 0 Å². The second kappa shape index (κ2) is 46.8. The van der Waals surface area contributed by atoms with Gasteiger partial charge >= 0.3 is 62.4 Å². The van der Waals surface area contributed by atoms with Crippen molar-refractivity contribution in [1.82, 2.24) is 0 Å². The fourth-order valence-electron chi connectivity index (χ4n) is 2.01. The van der Waals surface area contributed by atoms with Crippen LogP contribution in [0.3, 0.4) is 0 Å². The van der Waals surface area contributed by atoms with E-state index in [2.05, 4.69) is 75.3 Å². The molecule has 0 unspecified atom stereocenters. The van der Waals surface area contributed by atoms with Gasteiger partial charge in [-0.2, -0.15) is 50.5 Å². The van der Waals surface area contributed by atoms with Crippen molar-refractivity contribution in [1.29, 1.82) is 0 Å². The summed E-state index contributed by atoms with van der Waals surface area (Å²) in [6, 6.07) is 0. The molecule has 0 aromatic rings. The van der Waals surface area contributed by atoms with Crippen LogP contribution in [0.4, 0.5) is 0 Å². The van der Waals surface area contributed by atoms with Crippen LogP contribution < -0.4 is 0 Å². The van der Waals surface area contributed by atoms with Gasteiger partial charge in [-0.25, -0.2) is 29.3 Å². The van der Waals surface area contributed by atoms with Gasteiger partial charge in [0.1, 0.15) is 6.58 Å². The van der Waals surface area contributed by atoms with Gasteiger partial charge in [-0.05, 0) is 77.0 Å². The lowest BCUT2D eigenvalue weighted by Crippen LogP contribution is -2.15. The van der Waals surface area contributed by atoms with E-state index in [1.54, 1.807) is 13.8 Å². The molecule has 0 bridgehead atoms. The zero-order chi connectivity index (χ0) is 56.1. The van der Waals surface area contributed by atoms with Crippen LogP contribution in [0.1, 0.15) is 123 Å². The van der Waals surface area contributed by atoms with Crippen molar-refractivity contribution in [2.45, 2.75) is 123 Å². The summed E-state index contributed by atoms with van der Waals surface area (Å²) in [5.41, 5.74) is 1.33. The largest absolute Gasteiger partial charge is 0.399 e. The van der Waals surface area contributed by atoms with E-state index in [1.165, 1.54) is 19.4 Å². The quantitative estimate of drug-likeness (QED) is 0.0535. The van der Waals surface area contributed by atoms with Crippen LogP contribution >= 0.6 is 0 Å². The molecule has 0 aromatic carbocycles. The van der Waals surface area contributed by atoms with E-state index < -0.39 is 62.4 Å². The lowest BCUT2D eigenvalue weighted by atomic mass is 9.93. The Morgan fingerprint density at radius 1 is 0.409 bits per heavy atom. The summed E-state index contributed by atoms with van der Waals surface area (Å²) in [7, 11) is -24.8. The van der Waals surface area contributed by atoms with Crippen LogP contribution in [0.15, 0.2) is 45.0 Å². The SMILES string of the molecule is C=C.C=C.C=C(C)C.CC(C)(C)CCOS(=O)(=O)O.CCOS(=O)(=O)O.CCOS(=O)(=O)O.CCOS(=O)(=O)OCCC(C)(C)C.CCOS(=O)(=O)OCCC(C)(C)C.O=S(=O)(O)O.[CH+]=C. The molecule has 0 radical (unpaired) electrons. The summed E-state index contributed by atoms with van der Waals surface area (Å²) in [5.74, 6) is 0. The third-order valence-corrected chi connectivity index (χ3v) is 7.79. The van der Waals surface area contributed by atoms with Crippen molar-refractivity contribution in [3.63, 3.8) is 0 Å². The highest BCUT2D eigenvalue weighted by molar-refractivity contribution is 7.82. The molecule has 0 rings (SSSR count). The second-order valence-electron chi connectivity index (χ2n) is 14.8. The maximum atomic E-state index is 10.9. The molecule has 0 fully saturated rings. The van der Waals surface area contributed by atoms with Crippen LogP contribution in [0, 0.1) is 22.8 Å². The zero-order valence-electron chi connectivity index (χ0n) is 41.3. The molecule has 30 heteroatoms. The molecule has 0 aliphatic heterocycles. The Bertz CT molecular complexity index is 1690. The number of allylic oxidation sites excluding steroid dienone is 1. The smallest absolute Gasteiger partial charge is 0.264 e. The summed E-state index contributed by atoms with van der Waals surface area (Å²) in [4.78, 5) is 0.